The Morgan fingerprint density at radius 1 is 1.61 bits per heavy atom. The Balaban J connectivity index is 1.94. The summed E-state index contributed by atoms with van der Waals surface area (Å²) in [5, 5.41) is 3.20. The fraction of sp³-hybridized carbons (Fsp3) is 0.538. The zero-order valence-corrected chi connectivity index (χ0v) is 10.7. The van der Waals surface area contributed by atoms with Gasteiger partial charge in [-0.2, -0.15) is 0 Å². The van der Waals surface area contributed by atoms with Gasteiger partial charge in [0.15, 0.2) is 0 Å². The third-order valence-corrected chi connectivity index (χ3v) is 3.23. The summed E-state index contributed by atoms with van der Waals surface area (Å²) in [7, 11) is 0. The molecule has 1 aliphatic rings. The van der Waals surface area contributed by atoms with Crippen molar-refractivity contribution in [1.82, 2.24) is 9.88 Å². The maximum Gasteiger partial charge on any atom is 0.221 e. The molecule has 1 aromatic rings. The first-order valence-corrected chi connectivity index (χ1v) is 6.40. The van der Waals surface area contributed by atoms with Crippen molar-refractivity contribution in [1.29, 1.82) is 0 Å². The van der Waals surface area contributed by atoms with Crippen molar-refractivity contribution in [3.05, 3.63) is 23.9 Å². The number of carbonyl (C=O) groups is 1. The molecule has 1 amide bonds. The highest BCUT2D eigenvalue weighted by atomic mass is 16.1. The second-order valence-corrected chi connectivity index (χ2v) is 4.67. The lowest BCUT2D eigenvalue weighted by molar-refractivity contribution is -0.121. The van der Waals surface area contributed by atoms with E-state index in [-0.39, 0.29) is 11.8 Å². The molecule has 0 saturated carbocycles. The summed E-state index contributed by atoms with van der Waals surface area (Å²) in [6, 6.07) is 5.98. The van der Waals surface area contributed by atoms with E-state index < -0.39 is 0 Å². The van der Waals surface area contributed by atoms with Crippen molar-refractivity contribution in [3.8, 4) is 0 Å². The minimum Gasteiger partial charge on any atom is -0.370 e. The molecule has 2 rings (SSSR count). The Hall–Kier alpha value is -1.62. The highest BCUT2D eigenvalue weighted by Crippen LogP contribution is 2.18. The van der Waals surface area contributed by atoms with Crippen molar-refractivity contribution in [2.24, 2.45) is 11.7 Å². The van der Waals surface area contributed by atoms with Crippen molar-refractivity contribution in [2.45, 2.75) is 19.9 Å². The topological polar surface area (TPSA) is 71.2 Å². The molecular weight excluding hydrogens is 228 g/mol. The van der Waals surface area contributed by atoms with Crippen LogP contribution in [0.1, 0.15) is 19.0 Å². The largest absolute Gasteiger partial charge is 0.370 e. The monoisotopic (exact) mass is 248 g/mol. The van der Waals surface area contributed by atoms with Gasteiger partial charge in [0, 0.05) is 19.6 Å². The number of anilines is 1. The second kappa shape index (κ2) is 5.82. The highest BCUT2D eigenvalue weighted by Gasteiger charge is 2.26. The molecule has 1 saturated heterocycles. The minimum atomic E-state index is -0.188. The van der Waals surface area contributed by atoms with Crippen LogP contribution in [0, 0.1) is 5.92 Å². The van der Waals surface area contributed by atoms with Gasteiger partial charge in [-0.05, 0) is 32.0 Å². The third kappa shape index (κ3) is 3.20. The number of primary amides is 1. The van der Waals surface area contributed by atoms with Crippen LogP contribution in [0.4, 0.5) is 5.82 Å². The van der Waals surface area contributed by atoms with Gasteiger partial charge in [-0.3, -0.25) is 9.69 Å². The van der Waals surface area contributed by atoms with E-state index in [0.29, 0.717) is 0 Å². The summed E-state index contributed by atoms with van der Waals surface area (Å²) in [5.41, 5.74) is 6.35. The van der Waals surface area contributed by atoms with E-state index in [9.17, 15) is 4.79 Å². The van der Waals surface area contributed by atoms with E-state index in [2.05, 4.69) is 15.2 Å². The molecule has 0 aromatic carbocycles. The number of rotatable bonds is 5. The molecular formula is C13H20N4O. The van der Waals surface area contributed by atoms with Gasteiger partial charge in [-0.15, -0.1) is 0 Å². The number of carbonyl (C=O) groups excluding carboxylic acids is 1. The number of hydrogen-bond donors (Lipinski definition) is 2. The lowest BCUT2D eigenvalue weighted by Gasteiger charge is -2.15. The molecule has 98 valence electrons. The third-order valence-electron chi connectivity index (χ3n) is 3.23. The van der Waals surface area contributed by atoms with E-state index >= 15 is 0 Å². The number of aromatic nitrogens is 1. The average Bonchev–Trinajstić information content (AvgIpc) is 2.78. The number of nitrogens with one attached hydrogen (secondary N) is 1. The maximum absolute atomic E-state index is 11.1. The fourth-order valence-electron chi connectivity index (χ4n) is 2.28. The molecule has 3 N–H and O–H groups in total. The Bertz CT molecular complexity index is 421. The minimum absolute atomic E-state index is 0.00181. The summed E-state index contributed by atoms with van der Waals surface area (Å²) >= 11 is 0. The predicted octanol–water partition coefficient (Wildman–Crippen LogP) is 0.821. The lowest BCUT2D eigenvalue weighted by atomic mass is 10.1. The van der Waals surface area contributed by atoms with Crippen LogP contribution in [0.15, 0.2) is 18.2 Å². The number of hydrogen-bond acceptors (Lipinski definition) is 4. The van der Waals surface area contributed by atoms with Crippen LogP contribution in [0.25, 0.3) is 0 Å². The van der Waals surface area contributed by atoms with Crippen LogP contribution < -0.4 is 11.1 Å². The maximum atomic E-state index is 11.1. The normalized spacial score (nSPS) is 19.9. The fourth-order valence-corrected chi connectivity index (χ4v) is 2.28. The van der Waals surface area contributed by atoms with Gasteiger partial charge < -0.3 is 11.1 Å². The highest BCUT2D eigenvalue weighted by molar-refractivity contribution is 5.77. The molecule has 1 atom stereocenters. The van der Waals surface area contributed by atoms with E-state index in [4.69, 9.17) is 5.73 Å². The molecule has 0 aliphatic carbocycles. The van der Waals surface area contributed by atoms with Crippen LogP contribution in [0.5, 0.6) is 0 Å². The Labute approximate surface area is 107 Å². The van der Waals surface area contributed by atoms with E-state index in [1.165, 1.54) is 0 Å². The van der Waals surface area contributed by atoms with Crippen LogP contribution >= 0.6 is 0 Å². The first-order valence-electron chi connectivity index (χ1n) is 6.40. The van der Waals surface area contributed by atoms with Gasteiger partial charge in [0.2, 0.25) is 5.91 Å². The molecule has 0 spiro atoms. The Morgan fingerprint density at radius 3 is 3.11 bits per heavy atom. The zero-order chi connectivity index (χ0) is 13.0. The number of likely N-dealkylation sites (tertiary alicyclic amines) is 1. The van der Waals surface area contributed by atoms with Gasteiger partial charge in [-0.25, -0.2) is 4.98 Å². The van der Waals surface area contributed by atoms with Crippen LogP contribution in [0.2, 0.25) is 0 Å². The van der Waals surface area contributed by atoms with Crippen molar-refractivity contribution < 1.29 is 4.79 Å². The molecule has 5 nitrogen and oxygen atoms in total. The van der Waals surface area contributed by atoms with Gasteiger partial charge in [0.1, 0.15) is 5.82 Å². The average molecular weight is 248 g/mol. The number of pyridine rings is 1. The van der Waals surface area contributed by atoms with E-state index in [1.54, 1.807) is 0 Å². The van der Waals surface area contributed by atoms with Crippen LogP contribution in [0.3, 0.4) is 0 Å². The standard InChI is InChI=1S/C13H20N4O/c1-2-15-12-5-3-4-11(16-12)9-17-7-6-10(8-17)13(14)18/h3-5,10H,2,6-9H2,1H3,(H2,14,18)(H,15,16). The first-order chi connectivity index (χ1) is 8.69. The van der Waals surface area contributed by atoms with Crippen molar-refractivity contribution >= 4 is 11.7 Å². The molecule has 0 bridgehead atoms. The lowest BCUT2D eigenvalue weighted by Crippen LogP contribution is -2.27. The van der Waals surface area contributed by atoms with Gasteiger partial charge in [0.05, 0.1) is 11.6 Å². The number of amides is 1. The van der Waals surface area contributed by atoms with Crippen molar-refractivity contribution in [2.75, 3.05) is 25.0 Å². The summed E-state index contributed by atoms with van der Waals surface area (Å²) in [6.07, 6.45) is 0.863. The quantitative estimate of drug-likeness (QED) is 0.809. The SMILES string of the molecule is CCNc1cccc(CN2CCC(C(N)=O)C2)n1. The summed E-state index contributed by atoms with van der Waals surface area (Å²) in [4.78, 5) is 17.9. The van der Waals surface area contributed by atoms with E-state index in [0.717, 1.165) is 44.1 Å². The van der Waals surface area contributed by atoms with E-state index in [1.807, 2.05) is 25.1 Å². The Kier molecular flexibility index (Phi) is 4.15. The number of nitrogens with zero attached hydrogens (tertiary/aromatic N) is 2. The molecule has 5 heteroatoms. The Morgan fingerprint density at radius 2 is 2.44 bits per heavy atom. The van der Waals surface area contributed by atoms with Crippen LogP contribution in [-0.4, -0.2) is 35.4 Å². The van der Waals surface area contributed by atoms with Gasteiger partial charge in [-0.1, -0.05) is 6.07 Å². The molecule has 1 aliphatic heterocycles. The molecule has 18 heavy (non-hydrogen) atoms. The van der Waals surface area contributed by atoms with Crippen LogP contribution in [-0.2, 0) is 11.3 Å². The van der Waals surface area contributed by atoms with Gasteiger partial charge >= 0.3 is 0 Å². The molecule has 1 aromatic heterocycles. The summed E-state index contributed by atoms with van der Waals surface area (Å²) in [6.45, 7) is 5.36. The zero-order valence-electron chi connectivity index (χ0n) is 10.7. The second-order valence-electron chi connectivity index (χ2n) is 4.67. The molecule has 0 radical (unpaired) electrons. The van der Waals surface area contributed by atoms with Gasteiger partial charge in [0.25, 0.3) is 0 Å². The van der Waals surface area contributed by atoms with Crippen molar-refractivity contribution in [3.63, 3.8) is 0 Å². The molecule has 1 fully saturated rings. The number of nitrogens with two attached hydrogens (primary N) is 1. The summed E-state index contributed by atoms with van der Waals surface area (Å²) < 4.78 is 0. The first kappa shape index (κ1) is 12.8. The predicted molar refractivity (Wildman–Crippen MR) is 71.0 cm³/mol. The molecule has 1 unspecified atom stereocenters. The molecule has 2 heterocycles. The smallest absolute Gasteiger partial charge is 0.221 e. The summed E-state index contributed by atoms with van der Waals surface area (Å²) in [5.74, 6) is 0.717.